The average molecular weight is 277 g/mol. The predicted molar refractivity (Wildman–Crippen MR) is 52.7 cm³/mol. The Kier molecular flexibility index (Phi) is 1.76. The molecule has 56 valence electrons. The summed E-state index contributed by atoms with van der Waals surface area (Å²) < 4.78 is 0.789. The second kappa shape index (κ2) is 2.63. The van der Waals surface area contributed by atoms with Crippen LogP contribution in [0, 0.1) is 10.8 Å². The van der Waals surface area contributed by atoms with Crippen LogP contribution in [0.2, 0.25) is 0 Å². The zero-order valence-electron chi connectivity index (χ0n) is 5.71. The van der Waals surface area contributed by atoms with Gasteiger partial charge < -0.3 is 0 Å². The summed E-state index contributed by atoms with van der Waals surface area (Å²) in [4.78, 5) is 13.5. The van der Waals surface area contributed by atoms with E-state index in [0.29, 0.717) is 0 Å². The van der Waals surface area contributed by atoms with Crippen LogP contribution in [0.1, 0.15) is 5.69 Å². The molecule has 2 rings (SSSR count). The summed E-state index contributed by atoms with van der Waals surface area (Å²) in [5, 5.41) is 0. The molecule has 0 aliphatic heterocycles. The number of hydrogen-bond acceptors (Lipinski definition) is 4. The third kappa shape index (κ3) is 1.22. The maximum Gasteiger partial charge on any atom is 0.192 e. The van der Waals surface area contributed by atoms with Crippen molar-refractivity contribution >= 4 is 44.3 Å². The first-order valence-electron chi connectivity index (χ1n) is 3.01. The number of rotatable bonds is 0. The van der Waals surface area contributed by atoms with Crippen molar-refractivity contribution in [1.29, 1.82) is 0 Å². The van der Waals surface area contributed by atoms with E-state index in [1.165, 1.54) is 0 Å². The van der Waals surface area contributed by atoms with E-state index in [2.05, 4.69) is 37.5 Å². The second-order valence-electron chi connectivity index (χ2n) is 2.08. The van der Waals surface area contributed by atoms with Gasteiger partial charge in [0, 0.05) is 22.6 Å². The van der Waals surface area contributed by atoms with Gasteiger partial charge in [0.05, 0.1) is 11.2 Å². The van der Waals surface area contributed by atoms with Gasteiger partial charge in [0.25, 0.3) is 0 Å². The first-order chi connectivity index (χ1) is 5.27. The Labute approximate surface area is 81.0 Å². The summed E-state index contributed by atoms with van der Waals surface area (Å²) in [7, 11) is 0. The highest BCUT2D eigenvalue weighted by atomic mass is 127. The Balaban J connectivity index is 2.91. The molecule has 2 aromatic heterocycles. The number of hydrogen-bond donors (Lipinski definition) is 0. The van der Waals surface area contributed by atoms with Gasteiger partial charge in [-0.3, -0.25) is 0 Å². The molecule has 0 unspecified atom stereocenters. The minimum atomic E-state index is 0.789. The van der Waals surface area contributed by atoms with E-state index in [4.69, 9.17) is 0 Å². The van der Waals surface area contributed by atoms with E-state index < -0.39 is 0 Å². The molecule has 11 heavy (non-hydrogen) atoms. The van der Waals surface area contributed by atoms with Gasteiger partial charge in [0.1, 0.15) is 10.3 Å². The highest BCUT2D eigenvalue weighted by molar-refractivity contribution is 14.1. The van der Waals surface area contributed by atoms with Crippen molar-refractivity contribution in [3.8, 4) is 0 Å². The quantitative estimate of drug-likeness (QED) is 0.546. The molecule has 3 nitrogen and oxygen atoms in total. The van der Waals surface area contributed by atoms with Gasteiger partial charge in [0.15, 0.2) is 3.83 Å². The molecule has 0 saturated carbocycles. The Morgan fingerprint density at radius 3 is 3.09 bits per heavy atom. The lowest BCUT2D eigenvalue weighted by atomic mass is 10.4. The largest absolute Gasteiger partial charge is 0.241 e. The van der Waals surface area contributed by atoms with Crippen molar-refractivity contribution in [1.82, 2.24) is 15.0 Å². The zero-order chi connectivity index (χ0) is 7.84. The van der Waals surface area contributed by atoms with E-state index in [1.807, 2.05) is 6.92 Å². The minimum Gasteiger partial charge on any atom is -0.241 e. The lowest BCUT2D eigenvalue weighted by Crippen LogP contribution is -1.90. The first-order valence-corrected chi connectivity index (χ1v) is 4.96. The Bertz CT molecular complexity index is 398. The maximum absolute atomic E-state index is 4.23. The summed E-state index contributed by atoms with van der Waals surface area (Å²) in [5.41, 5.74) is 3.68. The number of halogens is 1. The summed E-state index contributed by atoms with van der Waals surface area (Å²) in [6, 6.07) is 0. The average Bonchev–Trinajstić information content (AvgIpc) is 2.34. The lowest BCUT2D eigenvalue weighted by molar-refractivity contribution is 1.09. The van der Waals surface area contributed by atoms with Crippen LogP contribution in [0.5, 0.6) is 0 Å². The van der Waals surface area contributed by atoms with E-state index in [0.717, 1.165) is 19.9 Å². The summed E-state index contributed by atoms with van der Waals surface area (Å²) in [6.45, 7) is 1.95. The molecular formula is C6H4IN3S. The third-order valence-electron chi connectivity index (χ3n) is 1.35. The van der Waals surface area contributed by atoms with Gasteiger partial charge in [0.2, 0.25) is 0 Å². The number of thiazole rings is 1. The van der Waals surface area contributed by atoms with Crippen LogP contribution >= 0.6 is 33.9 Å². The highest BCUT2D eigenvalue weighted by Crippen LogP contribution is 2.17. The van der Waals surface area contributed by atoms with E-state index in [-0.39, 0.29) is 0 Å². The molecule has 5 heteroatoms. The number of fused-ring (bicyclic) bond motifs is 1. The van der Waals surface area contributed by atoms with Crippen LogP contribution in [0.15, 0.2) is 5.51 Å². The number of nitrogens with zero attached hydrogens (tertiary/aromatic N) is 3. The minimum absolute atomic E-state index is 0.789. The molecule has 0 aliphatic carbocycles. The molecule has 0 N–H and O–H groups in total. The van der Waals surface area contributed by atoms with Gasteiger partial charge in [-0.25, -0.2) is 15.0 Å². The molecule has 0 amide bonds. The van der Waals surface area contributed by atoms with Gasteiger partial charge in [-0.15, -0.1) is 11.3 Å². The fraction of sp³-hybridized carbons (Fsp3) is 0.167. The molecule has 0 saturated heterocycles. The zero-order valence-corrected chi connectivity index (χ0v) is 8.68. The van der Waals surface area contributed by atoms with Crippen molar-refractivity contribution in [2.45, 2.75) is 6.92 Å². The van der Waals surface area contributed by atoms with Crippen LogP contribution in [0.25, 0.3) is 10.3 Å². The maximum atomic E-state index is 4.23. The molecule has 2 aromatic rings. The molecule has 0 bridgehead atoms. The molecule has 0 atom stereocenters. The highest BCUT2D eigenvalue weighted by Gasteiger charge is 2.03. The van der Waals surface area contributed by atoms with Crippen LogP contribution in [-0.2, 0) is 0 Å². The van der Waals surface area contributed by atoms with Crippen molar-refractivity contribution < 1.29 is 0 Å². The molecule has 0 fully saturated rings. The number of aryl methyl sites for hydroxylation is 1. The normalized spacial score (nSPS) is 10.7. The smallest absolute Gasteiger partial charge is 0.192 e. The van der Waals surface area contributed by atoms with E-state index in [9.17, 15) is 0 Å². The molecule has 0 aromatic carbocycles. The first kappa shape index (κ1) is 7.35. The summed E-state index contributed by atoms with van der Waals surface area (Å²) >= 11 is 3.66. The lowest BCUT2D eigenvalue weighted by Gasteiger charge is -1.92. The van der Waals surface area contributed by atoms with Crippen molar-refractivity contribution in [3.05, 3.63) is 15.0 Å². The summed E-state index contributed by atoms with van der Waals surface area (Å²) in [6.07, 6.45) is 0. The topological polar surface area (TPSA) is 38.7 Å². The Hall–Kier alpha value is -0.300. The summed E-state index contributed by atoms with van der Waals surface area (Å²) in [5.74, 6) is 0. The molecule has 2 heterocycles. The molecule has 0 radical (unpaired) electrons. The van der Waals surface area contributed by atoms with E-state index in [1.54, 1.807) is 16.8 Å². The standard InChI is InChI=1S/C6H4IN3S/c1-3-4-5(11-2-8-4)10-6(7)9-3/h2H,1H3. The monoisotopic (exact) mass is 277 g/mol. The Morgan fingerprint density at radius 2 is 2.27 bits per heavy atom. The molecule has 0 spiro atoms. The van der Waals surface area contributed by atoms with Crippen LogP contribution in [0.3, 0.4) is 0 Å². The predicted octanol–water partition coefficient (Wildman–Crippen LogP) is 2.00. The third-order valence-corrected chi connectivity index (χ3v) is 2.55. The van der Waals surface area contributed by atoms with Gasteiger partial charge >= 0.3 is 0 Å². The second-order valence-corrected chi connectivity index (χ2v) is 3.88. The van der Waals surface area contributed by atoms with Crippen LogP contribution in [0.4, 0.5) is 0 Å². The van der Waals surface area contributed by atoms with Crippen LogP contribution in [-0.4, -0.2) is 15.0 Å². The van der Waals surface area contributed by atoms with Crippen molar-refractivity contribution in [2.24, 2.45) is 0 Å². The van der Waals surface area contributed by atoms with Crippen LogP contribution < -0.4 is 0 Å². The fourth-order valence-corrected chi connectivity index (χ4v) is 2.34. The van der Waals surface area contributed by atoms with Gasteiger partial charge in [-0.2, -0.15) is 0 Å². The fourth-order valence-electron chi connectivity index (χ4n) is 0.868. The SMILES string of the molecule is Cc1nc(I)nc2scnc12. The van der Waals surface area contributed by atoms with Gasteiger partial charge in [-0.1, -0.05) is 0 Å². The van der Waals surface area contributed by atoms with Crippen molar-refractivity contribution in [3.63, 3.8) is 0 Å². The number of aromatic nitrogens is 3. The molecule has 0 aliphatic rings. The van der Waals surface area contributed by atoms with E-state index >= 15 is 0 Å². The molecular weight excluding hydrogens is 273 g/mol. The van der Waals surface area contributed by atoms with Crippen molar-refractivity contribution in [2.75, 3.05) is 0 Å². The Morgan fingerprint density at radius 1 is 1.45 bits per heavy atom. The van der Waals surface area contributed by atoms with Gasteiger partial charge in [-0.05, 0) is 6.92 Å².